The number of allylic oxidation sites excluding steroid dienone is 6. The van der Waals surface area contributed by atoms with Crippen LogP contribution in [-0.4, -0.2) is 69.1 Å². The molecule has 3 radical (unpaired) electrons. The number of carbonyl (C=O) groups excluding carboxylic acids is 3. The Morgan fingerprint density at radius 3 is 1.02 bits per heavy atom. The van der Waals surface area contributed by atoms with Gasteiger partial charge in [0.1, 0.15) is 23.0 Å². The summed E-state index contributed by atoms with van der Waals surface area (Å²) in [4.78, 5) is 42.5. The predicted molar refractivity (Wildman–Crippen MR) is 513 cm³/mol. The number of ether oxygens (including phenoxy) is 1. The fourth-order valence-electron chi connectivity index (χ4n) is 13.2. The number of benzene rings is 12. The SMILES string of the molecule is CC(C)(C)C(=[OH+])C=C(O)C(C)(C)C.CC(C)(C)C(=[OH+])C=C(O)C(C)(C)C.CC(C)C(=[OH+])C=C(O)C(C)C.COc1ccc(-c2c[c-]c(-c3nccc4c3ccc3ccccc34)cc2C)cc1.Cc1ccc(-c2c[c-]c(-c3nccc4c3ccc3ccccc34)cc2C)cc1.Cc1ccc(-c2cc[c-]c(-c3nccc4c3ccc3ccccc34)c2)cc1.[Ir].[Ir].[Ir]. The van der Waals surface area contributed by atoms with E-state index in [0.29, 0.717) is 0 Å². The van der Waals surface area contributed by atoms with Gasteiger partial charge in [-0.3, -0.25) is 14.4 Å². The van der Waals surface area contributed by atoms with Crippen LogP contribution in [0.4, 0.5) is 0 Å². The normalized spacial score (nSPS) is 11.7. The second-order valence-corrected chi connectivity index (χ2v) is 35.6. The average molecular weight is 2180 g/mol. The molecule has 15 rings (SSSR count). The first-order valence-corrected chi connectivity index (χ1v) is 41.4. The molecule has 0 saturated carbocycles. The Morgan fingerprint density at radius 2 is 0.694 bits per heavy atom. The summed E-state index contributed by atoms with van der Waals surface area (Å²) < 4.78 is 5.27. The van der Waals surface area contributed by atoms with Crippen LogP contribution in [0.3, 0.4) is 0 Å². The van der Waals surface area contributed by atoms with E-state index in [1.165, 1.54) is 122 Å². The van der Waals surface area contributed by atoms with Crippen molar-refractivity contribution in [3.05, 3.63) is 337 Å². The second kappa shape index (κ2) is 44.1. The van der Waals surface area contributed by atoms with Gasteiger partial charge in [-0.15, -0.1) is 94.0 Å². The zero-order valence-corrected chi connectivity index (χ0v) is 82.3. The van der Waals surface area contributed by atoms with E-state index in [9.17, 15) is 29.7 Å². The Hall–Kier alpha value is -11.0. The summed E-state index contributed by atoms with van der Waals surface area (Å²) in [6.45, 7) is 38.8. The van der Waals surface area contributed by atoms with Gasteiger partial charge in [-0.05, 0) is 173 Å². The number of aliphatic hydroxyl groups is 3. The molecule has 0 aliphatic rings. The number of aliphatic hydroxyl groups excluding tert-OH is 3. The van der Waals surface area contributed by atoms with Gasteiger partial charge in [-0.1, -0.05) is 286 Å². The maximum atomic E-state index is 9.60. The van der Waals surface area contributed by atoms with Gasteiger partial charge in [0.15, 0.2) is 0 Å². The molecule has 645 valence electrons. The van der Waals surface area contributed by atoms with Gasteiger partial charge >= 0.3 is 17.3 Å². The Balaban J connectivity index is 0.000000212. The Bertz CT molecular complexity index is 6260. The largest absolute Gasteiger partial charge is 0.512 e. The van der Waals surface area contributed by atoms with Crippen LogP contribution in [0.5, 0.6) is 5.75 Å². The average Bonchev–Trinajstić information content (AvgIpc) is 0.773. The third kappa shape index (κ3) is 26.1. The van der Waals surface area contributed by atoms with E-state index in [2.05, 4.69) is 270 Å². The molecule has 0 atom stereocenters. The molecule has 0 bridgehead atoms. The van der Waals surface area contributed by atoms with E-state index in [1.807, 2.05) is 148 Å². The molecule has 3 heterocycles. The van der Waals surface area contributed by atoms with E-state index in [-0.39, 0.29) is 128 Å². The van der Waals surface area contributed by atoms with Crippen molar-refractivity contribution in [1.29, 1.82) is 0 Å². The summed E-state index contributed by atoms with van der Waals surface area (Å²) in [6.07, 6.45) is 10.0. The number of aryl methyl sites for hydroxylation is 4. The van der Waals surface area contributed by atoms with Crippen LogP contribution in [0, 0.1) is 79.4 Å². The summed E-state index contributed by atoms with van der Waals surface area (Å²) in [5.41, 5.74) is 16.9. The van der Waals surface area contributed by atoms with Crippen molar-refractivity contribution in [2.45, 2.75) is 138 Å². The van der Waals surface area contributed by atoms with Crippen LogP contribution < -0.4 is 4.74 Å². The van der Waals surface area contributed by atoms with E-state index in [1.54, 1.807) is 7.11 Å². The Kier molecular flexibility index (Phi) is 35.6. The minimum atomic E-state index is -0.306. The van der Waals surface area contributed by atoms with Crippen LogP contribution in [0.25, 0.3) is 132 Å². The van der Waals surface area contributed by atoms with Gasteiger partial charge in [0.25, 0.3) is 0 Å². The number of hydrogen-bond acceptors (Lipinski definition) is 7. The van der Waals surface area contributed by atoms with Gasteiger partial charge in [0.2, 0.25) is 0 Å². The molecule has 0 spiro atoms. The standard InChI is InChI=1S/C27H20NO.C27H20N.C26H18N.2C11H20O2.C9H16O2.3Ir/c1-18-17-21(10-13-23(18)20-7-11-22(29-2)12-8-20)27-26-14-9-19-5-3-4-6-24(19)25(26)15-16-28-27;1-18-7-9-21(10-8-18)23-13-12-22(17-19(23)2)27-26-14-11-20-5-3-4-6-24(20)25(26)15-16-28-27;1-18-9-11-19(12-10-18)21-6-4-7-22(17-21)26-25-14-13-20-5-2-3-8-23(20)24(25)15-16-27-26;2*1-10(2,3)8(12)7-9(13)11(4,5)6;1-6(2)8(10)5-9(11)7(3)4;;;/h3-9,11-17H,1-2H3;3-11,13-17H,1-2H3;2-6,8-17H,1H3;2*7,12H,1-6H3;5-7,10H,1-4H3;;;/q3*-1;;;;;;/p+3. The van der Waals surface area contributed by atoms with E-state index < -0.39 is 0 Å². The number of hydrogen-bond donors (Lipinski definition) is 3. The Labute approximate surface area is 774 Å². The molecule has 6 N–H and O–H groups in total. The maximum Gasteiger partial charge on any atom is 0.325 e. The Morgan fingerprint density at radius 1 is 0.355 bits per heavy atom. The first-order valence-electron chi connectivity index (χ1n) is 41.4. The monoisotopic (exact) mass is 2180 g/mol. The number of aromatic nitrogens is 3. The molecule has 0 aliphatic carbocycles. The minimum absolute atomic E-state index is 0. The quantitative estimate of drug-likeness (QED) is 0.0359. The first-order chi connectivity index (χ1) is 57.3. The number of pyridine rings is 3. The molecule has 15 aromatic rings. The third-order valence-electron chi connectivity index (χ3n) is 21.1. The molecule has 12 aromatic carbocycles. The number of rotatable bonds is 12. The van der Waals surface area contributed by atoms with Crippen LogP contribution in [-0.2, 0) is 60.3 Å². The predicted octanol–water partition coefficient (Wildman–Crippen LogP) is 29.2. The summed E-state index contributed by atoms with van der Waals surface area (Å²) in [5.74, 6) is 2.32. The van der Waals surface area contributed by atoms with Crippen LogP contribution >= 0.6 is 0 Å². The van der Waals surface area contributed by atoms with Crippen molar-refractivity contribution in [3.63, 3.8) is 0 Å². The van der Waals surface area contributed by atoms with E-state index in [4.69, 9.17) is 19.7 Å². The number of ketones is 3. The fourth-order valence-corrected chi connectivity index (χ4v) is 13.2. The van der Waals surface area contributed by atoms with Gasteiger partial charge in [0, 0.05) is 95.7 Å². The molecular formula is C111H117Ir3N3O7. The van der Waals surface area contributed by atoms with E-state index >= 15 is 0 Å². The number of fused-ring (bicyclic) bond motifs is 9. The first kappa shape index (κ1) is 100. The summed E-state index contributed by atoms with van der Waals surface area (Å²) in [5, 5.41) is 43.1. The number of methoxy groups -OCH3 is 1. The van der Waals surface area contributed by atoms with Gasteiger partial charge < -0.3 is 35.0 Å². The zero-order valence-electron chi connectivity index (χ0n) is 75.1. The van der Waals surface area contributed by atoms with Crippen molar-refractivity contribution >= 4 is 82.0 Å². The molecule has 0 unspecified atom stereocenters. The van der Waals surface area contributed by atoms with Crippen LogP contribution in [0.2, 0.25) is 0 Å². The van der Waals surface area contributed by atoms with E-state index in [0.717, 1.165) is 55.9 Å². The molecule has 0 aliphatic heterocycles. The molecule has 13 heteroatoms. The summed E-state index contributed by atoms with van der Waals surface area (Å²) in [6, 6.07) is 95.4. The maximum absolute atomic E-state index is 9.60. The van der Waals surface area contributed by atoms with Gasteiger partial charge in [-0.25, -0.2) is 0 Å². The van der Waals surface area contributed by atoms with Gasteiger partial charge in [0.05, 0.1) is 42.1 Å². The van der Waals surface area contributed by atoms with Crippen molar-refractivity contribution in [3.8, 4) is 72.9 Å². The van der Waals surface area contributed by atoms with Crippen LogP contribution in [0.15, 0.2) is 297 Å². The van der Waals surface area contributed by atoms with Crippen molar-refractivity contribution in [1.82, 2.24) is 15.0 Å². The molecule has 0 fully saturated rings. The smallest absolute Gasteiger partial charge is 0.325 e. The fraction of sp³-hybridized carbons (Fsp3) is 0.243. The van der Waals surface area contributed by atoms with Crippen molar-refractivity contribution in [2.24, 2.45) is 33.5 Å². The summed E-state index contributed by atoms with van der Waals surface area (Å²) >= 11 is 0. The molecule has 10 nitrogen and oxygen atoms in total. The topological polar surface area (TPSA) is 173 Å². The molecule has 0 amide bonds. The molecule has 0 saturated heterocycles. The molecular weight excluding hydrogens is 2060 g/mol. The zero-order chi connectivity index (χ0) is 87.8. The van der Waals surface area contributed by atoms with Crippen molar-refractivity contribution < 1.29 is 94.8 Å². The number of nitrogens with zero attached hydrogens (tertiary/aromatic N) is 3. The minimum Gasteiger partial charge on any atom is -0.512 e. The van der Waals surface area contributed by atoms with Gasteiger partial charge in [-0.2, -0.15) is 0 Å². The molecule has 124 heavy (non-hydrogen) atoms. The van der Waals surface area contributed by atoms with Crippen LogP contribution in [0.1, 0.15) is 133 Å². The van der Waals surface area contributed by atoms with Crippen molar-refractivity contribution in [2.75, 3.05) is 7.11 Å². The second-order valence-electron chi connectivity index (χ2n) is 35.6. The third-order valence-corrected chi connectivity index (χ3v) is 21.1. The summed E-state index contributed by atoms with van der Waals surface area (Å²) in [7, 11) is 1.68. The molecule has 3 aromatic heterocycles.